The molecule has 2 aliphatic carbocycles. The van der Waals surface area contributed by atoms with E-state index >= 15 is 0 Å². The van der Waals surface area contributed by atoms with Crippen LogP contribution in [0.1, 0.15) is 61.7 Å². The number of imidazole rings is 1. The van der Waals surface area contributed by atoms with Gasteiger partial charge in [-0.25, -0.2) is 4.98 Å². The molecular formula is C15H22ClN3O. The number of nitrogens with zero attached hydrogens (tertiary/aromatic N) is 1. The van der Waals surface area contributed by atoms with Crippen molar-refractivity contribution >= 4 is 17.5 Å². The van der Waals surface area contributed by atoms with Gasteiger partial charge in [-0.1, -0.05) is 19.3 Å². The summed E-state index contributed by atoms with van der Waals surface area (Å²) in [4.78, 5) is 19.7. The van der Waals surface area contributed by atoms with Crippen molar-refractivity contribution in [1.29, 1.82) is 0 Å². The molecule has 2 aliphatic rings. The largest absolute Gasteiger partial charge is 0.352 e. The van der Waals surface area contributed by atoms with Crippen molar-refractivity contribution in [2.45, 2.75) is 63.3 Å². The Labute approximate surface area is 124 Å². The van der Waals surface area contributed by atoms with Gasteiger partial charge in [-0.3, -0.25) is 4.79 Å². The zero-order chi connectivity index (χ0) is 13.9. The summed E-state index contributed by atoms with van der Waals surface area (Å²) < 4.78 is 0. The van der Waals surface area contributed by atoms with E-state index in [0.717, 1.165) is 19.3 Å². The Hall–Kier alpha value is -1.03. The maximum absolute atomic E-state index is 11.4. The Morgan fingerprint density at radius 3 is 2.85 bits per heavy atom. The highest BCUT2D eigenvalue weighted by Gasteiger charge is 2.26. The van der Waals surface area contributed by atoms with Gasteiger partial charge < -0.3 is 10.3 Å². The molecular weight excluding hydrogens is 274 g/mol. The van der Waals surface area contributed by atoms with Gasteiger partial charge in [0, 0.05) is 24.1 Å². The fourth-order valence-corrected chi connectivity index (χ4v) is 3.54. The second-order valence-electron chi connectivity index (χ2n) is 6.02. The van der Waals surface area contributed by atoms with Crippen molar-refractivity contribution in [2.75, 3.05) is 5.88 Å². The average molecular weight is 296 g/mol. The Balaban J connectivity index is 1.67. The number of aromatic nitrogens is 2. The zero-order valence-corrected chi connectivity index (χ0v) is 12.5. The molecule has 4 nitrogen and oxygen atoms in total. The van der Waals surface area contributed by atoms with E-state index in [1.807, 2.05) is 0 Å². The zero-order valence-electron chi connectivity index (χ0n) is 11.8. The van der Waals surface area contributed by atoms with Crippen LogP contribution >= 0.6 is 11.6 Å². The maximum Gasteiger partial charge on any atom is 0.235 e. The Kier molecular flexibility index (Phi) is 4.29. The molecule has 1 atom stereocenters. The van der Waals surface area contributed by atoms with E-state index in [4.69, 9.17) is 16.6 Å². The summed E-state index contributed by atoms with van der Waals surface area (Å²) in [6, 6.07) is 0.202. The molecule has 1 heterocycles. The quantitative estimate of drug-likeness (QED) is 0.842. The number of carbonyl (C=O) groups excluding carboxylic acids is 1. The lowest BCUT2D eigenvalue weighted by molar-refractivity contribution is -0.119. The molecule has 1 saturated carbocycles. The fourth-order valence-electron chi connectivity index (χ4n) is 3.46. The number of nitrogens with one attached hydrogen (secondary N) is 2. The van der Waals surface area contributed by atoms with Gasteiger partial charge in [0.15, 0.2) is 0 Å². The third kappa shape index (κ3) is 3.00. The van der Waals surface area contributed by atoms with E-state index in [1.165, 1.54) is 49.3 Å². The first-order valence-corrected chi connectivity index (χ1v) is 8.22. The van der Waals surface area contributed by atoms with E-state index in [-0.39, 0.29) is 17.8 Å². The normalized spacial score (nSPS) is 23.4. The van der Waals surface area contributed by atoms with Crippen molar-refractivity contribution in [3.05, 3.63) is 17.2 Å². The number of amides is 1. The number of aryl methyl sites for hydroxylation is 1. The van der Waals surface area contributed by atoms with Gasteiger partial charge in [-0.05, 0) is 25.7 Å². The number of fused-ring (bicyclic) bond motifs is 1. The molecule has 0 spiro atoms. The van der Waals surface area contributed by atoms with Gasteiger partial charge in [0.2, 0.25) is 5.91 Å². The molecule has 0 saturated heterocycles. The number of hydrogen-bond donors (Lipinski definition) is 2. The number of hydrogen-bond acceptors (Lipinski definition) is 2. The van der Waals surface area contributed by atoms with Gasteiger partial charge in [0.25, 0.3) is 0 Å². The SMILES string of the molecule is O=C(CCl)NC1CCc2nc(C3CCCCC3)[nH]c2C1. The first-order valence-electron chi connectivity index (χ1n) is 7.69. The molecule has 0 bridgehead atoms. The summed E-state index contributed by atoms with van der Waals surface area (Å²) in [7, 11) is 0. The van der Waals surface area contributed by atoms with Crippen LogP contribution in [0.25, 0.3) is 0 Å². The summed E-state index contributed by atoms with van der Waals surface area (Å²) in [6.07, 6.45) is 9.31. The monoisotopic (exact) mass is 295 g/mol. The van der Waals surface area contributed by atoms with E-state index in [9.17, 15) is 4.79 Å². The van der Waals surface area contributed by atoms with Crippen molar-refractivity contribution in [3.63, 3.8) is 0 Å². The van der Waals surface area contributed by atoms with Gasteiger partial charge in [0.1, 0.15) is 11.7 Å². The number of aromatic amines is 1. The van der Waals surface area contributed by atoms with Gasteiger partial charge >= 0.3 is 0 Å². The molecule has 3 rings (SSSR count). The number of alkyl halides is 1. The third-order valence-corrected chi connectivity index (χ3v) is 4.78. The third-order valence-electron chi connectivity index (χ3n) is 4.54. The summed E-state index contributed by atoms with van der Waals surface area (Å²) in [5.74, 6) is 1.76. The molecule has 1 aromatic rings. The minimum absolute atomic E-state index is 0.0413. The lowest BCUT2D eigenvalue weighted by atomic mass is 9.89. The smallest absolute Gasteiger partial charge is 0.235 e. The number of halogens is 1. The van der Waals surface area contributed by atoms with E-state index in [2.05, 4.69) is 10.3 Å². The highest BCUT2D eigenvalue weighted by Crippen LogP contribution is 2.32. The van der Waals surface area contributed by atoms with Crippen LogP contribution in [0.15, 0.2) is 0 Å². The number of carbonyl (C=O) groups is 1. The van der Waals surface area contributed by atoms with Crippen LogP contribution in [0.3, 0.4) is 0 Å². The maximum atomic E-state index is 11.4. The van der Waals surface area contributed by atoms with Gasteiger partial charge in [-0.2, -0.15) is 0 Å². The molecule has 5 heteroatoms. The molecule has 0 aromatic carbocycles. The standard InChI is InChI=1S/C15H22ClN3O/c16-9-14(20)17-11-6-7-12-13(8-11)19-15(18-12)10-4-2-1-3-5-10/h10-11H,1-9H2,(H,17,20)(H,18,19). The predicted molar refractivity (Wildman–Crippen MR) is 79.1 cm³/mol. The van der Waals surface area contributed by atoms with E-state index in [1.54, 1.807) is 0 Å². The second kappa shape index (κ2) is 6.17. The van der Waals surface area contributed by atoms with Crippen molar-refractivity contribution in [2.24, 2.45) is 0 Å². The van der Waals surface area contributed by atoms with Crippen LogP contribution in [-0.2, 0) is 17.6 Å². The second-order valence-corrected chi connectivity index (χ2v) is 6.29. The average Bonchev–Trinajstić information content (AvgIpc) is 2.91. The Morgan fingerprint density at radius 1 is 1.30 bits per heavy atom. The first kappa shape index (κ1) is 13.9. The van der Waals surface area contributed by atoms with Gasteiger partial charge in [0.05, 0.1) is 5.69 Å². The summed E-state index contributed by atoms with van der Waals surface area (Å²) in [5.41, 5.74) is 2.43. The molecule has 110 valence electrons. The van der Waals surface area contributed by atoms with Crippen LogP contribution in [0.2, 0.25) is 0 Å². The highest BCUT2D eigenvalue weighted by atomic mass is 35.5. The highest BCUT2D eigenvalue weighted by molar-refractivity contribution is 6.27. The van der Waals surface area contributed by atoms with Crippen LogP contribution < -0.4 is 5.32 Å². The van der Waals surface area contributed by atoms with Crippen LogP contribution in [0.5, 0.6) is 0 Å². The first-order chi connectivity index (χ1) is 9.76. The van der Waals surface area contributed by atoms with Gasteiger partial charge in [-0.15, -0.1) is 11.6 Å². The molecule has 2 N–H and O–H groups in total. The van der Waals surface area contributed by atoms with Crippen LogP contribution in [-0.4, -0.2) is 27.8 Å². The molecule has 1 amide bonds. The summed E-state index contributed by atoms with van der Waals surface area (Å²) >= 11 is 5.54. The molecule has 20 heavy (non-hydrogen) atoms. The van der Waals surface area contributed by atoms with Crippen LogP contribution in [0.4, 0.5) is 0 Å². The lowest BCUT2D eigenvalue weighted by Gasteiger charge is -2.22. The summed E-state index contributed by atoms with van der Waals surface area (Å²) in [6.45, 7) is 0. The minimum atomic E-state index is -0.0767. The molecule has 1 aromatic heterocycles. The van der Waals surface area contributed by atoms with Crippen molar-refractivity contribution in [1.82, 2.24) is 15.3 Å². The number of rotatable bonds is 3. The van der Waals surface area contributed by atoms with Crippen molar-refractivity contribution in [3.8, 4) is 0 Å². The predicted octanol–water partition coefficient (Wildman–Crippen LogP) is 2.67. The fraction of sp³-hybridized carbons (Fsp3) is 0.733. The Bertz CT molecular complexity index is 479. The molecule has 0 aliphatic heterocycles. The van der Waals surface area contributed by atoms with Crippen molar-refractivity contribution < 1.29 is 4.79 Å². The molecule has 1 unspecified atom stereocenters. The minimum Gasteiger partial charge on any atom is -0.352 e. The number of H-pyrrole nitrogens is 1. The lowest BCUT2D eigenvalue weighted by Crippen LogP contribution is -2.39. The molecule has 1 fully saturated rings. The van der Waals surface area contributed by atoms with E-state index < -0.39 is 0 Å². The van der Waals surface area contributed by atoms with E-state index in [0.29, 0.717) is 5.92 Å². The van der Waals surface area contributed by atoms with Crippen LogP contribution in [0, 0.1) is 0 Å². The Morgan fingerprint density at radius 2 is 2.10 bits per heavy atom. The summed E-state index contributed by atoms with van der Waals surface area (Å²) in [5, 5.41) is 2.98. The molecule has 0 radical (unpaired) electrons. The topological polar surface area (TPSA) is 57.8 Å².